The van der Waals surface area contributed by atoms with Crippen LogP contribution in [0, 0.1) is 0 Å². The summed E-state index contributed by atoms with van der Waals surface area (Å²) >= 11 is 0. The molecule has 0 aliphatic rings. The summed E-state index contributed by atoms with van der Waals surface area (Å²) in [5.41, 5.74) is 0. The van der Waals surface area contributed by atoms with Gasteiger partial charge in [-0.3, -0.25) is 0 Å². The van der Waals surface area contributed by atoms with Gasteiger partial charge in [-0.15, -0.1) is 0 Å². The van der Waals surface area contributed by atoms with Crippen LogP contribution in [0.25, 0.3) is 0 Å². The standard InChI is InChI=1S/C11H25NO7Si/c1-2-5-17-6-7-18-8-9-19-11(13)12-4-3-10-20(14,15)16/h14-16H,2-10H2,1H3,(H,12,13). The van der Waals surface area contributed by atoms with E-state index in [9.17, 15) is 4.79 Å². The van der Waals surface area contributed by atoms with E-state index in [-0.39, 0.29) is 25.6 Å². The first kappa shape index (κ1) is 19.3. The molecule has 0 spiro atoms. The lowest BCUT2D eigenvalue weighted by Crippen LogP contribution is -2.36. The highest BCUT2D eigenvalue weighted by molar-refractivity contribution is 6.56. The van der Waals surface area contributed by atoms with Crippen LogP contribution >= 0.6 is 0 Å². The minimum Gasteiger partial charge on any atom is -0.447 e. The number of amides is 1. The molecule has 0 fully saturated rings. The maximum Gasteiger partial charge on any atom is 0.492 e. The summed E-state index contributed by atoms with van der Waals surface area (Å²) in [5.74, 6) is 0. The maximum atomic E-state index is 11.2. The van der Waals surface area contributed by atoms with Crippen molar-refractivity contribution in [3.63, 3.8) is 0 Å². The molecular formula is C11H25NO7Si. The molecule has 0 bridgehead atoms. The molecule has 9 heteroatoms. The Hall–Kier alpha value is -0.713. The summed E-state index contributed by atoms with van der Waals surface area (Å²) in [6, 6.07) is -0.117. The monoisotopic (exact) mass is 311 g/mol. The van der Waals surface area contributed by atoms with Gasteiger partial charge in [-0.25, -0.2) is 4.79 Å². The van der Waals surface area contributed by atoms with E-state index in [1.165, 1.54) is 0 Å². The summed E-state index contributed by atoms with van der Waals surface area (Å²) in [6.07, 6.45) is 0.642. The fourth-order valence-electron chi connectivity index (χ4n) is 1.23. The molecule has 0 aliphatic heterocycles. The van der Waals surface area contributed by atoms with E-state index < -0.39 is 14.9 Å². The largest absolute Gasteiger partial charge is 0.492 e. The van der Waals surface area contributed by atoms with Crippen molar-refractivity contribution in [2.45, 2.75) is 25.8 Å². The molecule has 20 heavy (non-hydrogen) atoms. The molecule has 1 amide bonds. The van der Waals surface area contributed by atoms with Crippen molar-refractivity contribution in [1.29, 1.82) is 0 Å². The molecule has 0 aromatic heterocycles. The van der Waals surface area contributed by atoms with Gasteiger partial charge in [0, 0.05) is 19.2 Å². The number of nitrogens with one attached hydrogen (secondary N) is 1. The highest BCUT2D eigenvalue weighted by Gasteiger charge is 2.25. The van der Waals surface area contributed by atoms with Crippen molar-refractivity contribution < 1.29 is 33.4 Å². The SMILES string of the molecule is CCCOCCOCCOC(=O)NCCC[Si](O)(O)O. The number of carbonyl (C=O) groups excluding carboxylic acids is 1. The first-order chi connectivity index (χ1) is 9.45. The predicted molar refractivity (Wildman–Crippen MR) is 73.1 cm³/mol. The lowest BCUT2D eigenvalue weighted by molar-refractivity contribution is 0.0283. The van der Waals surface area contributed by atoms with Gasteiger partial charge in [0.2, 0.25) is 0 Å². The Bertz CT molecular complexity index is 247. The van der Waals surface area contributed by atoms with Gasteiger partial charge < -0.3 is 33.9 Å². The Morgan fingerprint density at radius 3 is 2.25 bits per heavy atom. The van der Waals surface area contributed by atoms with Crippen LogP contribution in [0.1, 0.15) is 19.8 Å². The van der Waals surface area contributed by atoms with Crippen molar-refractivity contribution in [2.75, 3.05) is 39.6 Å². The molecule has 0 aromatic rings. The number of hydrogen-bond acceptors (Lipinski definition) is 7. The van der Waals surface area contributed by atoms with Crippen molar-refractivity contribution in [2.24, 2.45) is 0 Å². The van der Waals surface area contributed by atoms with Crippen molar-refractivity contribution in [1.82, 2.24) is 5.32 Å². The Morgan fingerprint density at radius 1 is 1.05 bits per heavy atom. The van der Waals surface area contributed by atoms with E-state index in [2.05, 4.69) is 5.32 Å². The smallest absolute Gasteiger partial charge is 0.447 e. The molecule has 120 valence electrons. The number of rotatable bonds is 12. The van der Waals surface area contributed by atoms with E-state index in [0.29, 0.717) is 26.4 Å². The summed E-state index contributed by atoms with van der Waals surface area (Å²) in [5, 5.41) is 2.42. The highest BCUT2D eigenvalue weighted by atomic mass is 28.4. The molecule has 4 N–H and O–H groups in total. The topological polar surface area (TPSA) is 117 Å². The zero-order chi connectivity index (χ0) is 15.3. The van der Waals surface area contributed by atoms with Crippen LogP contribution < -0.4 is 5.32 Å². The molecule has 0 aliphatic carbocycles. The van der Waals surface area contributed by atoms with Crippen molar-refractivity contribution >= 4 is 14.9 Å². The van der Waals surface area contributed by atoms with Gasteiger partial charge in [0.15, 0.2) is 0 Å². The molecule has 0 saturated carbocycles. The van der Waals surface area contributed by atoms with Gasteiger partial charge in [0.25, 0.3) is 0 Å². The molecular weight excluding hydrogens is 286 g/mol. The zero-order valence-corrected chi connectivity index (χ0v) is 12.8. The third kappa shape index (κ3) is 15.3. The van der Waals surface area contributed by atoms with Crippen LogP contribution in [0.2, 0.25) is 6.04 Å². The van der Waals surface area contributed by atoms with Gasteiger partial charge >= 0.3 is 14.9 Å². The van der Waals surface area contributed by atoms with Gasteiger partial charge in [0.1, 0.15) is 6.61 Å². The zero-order valence-electron chi connectivity index (χ0n) is 11.8. The maximum absolute atomic E-state index is 11.2. The van der Waals surface area contributed by atoms with Crippen LogP contribution in [0.3, 0.4) is 0 Å². The Labute approximate surface area is 120 Å². The highest BCUT2D eigenvalue weighted by Crippen LogP contribution is 1.99. The van der Waals surface area contributed by atoms with E-state index in [1.807, 2.05) is 6.92 Å². The van der Waals surface area contributed by atoms with Crippen molar-refractivity contribution in [3.8, 4) is 0 Å². The Morgan fingerprint density at radius 2 is 1.65 bits per heavy atom. The predicted octanol–water partition coefficient (Wildman–Crippen LogP) is -0.538. The minimum atomic E-state index is -4.00. The second kappa shape index (κ2) is 12.1. The average Bonchev–Trinajstić information content (AvgIpc) is 2.37. The molecule has 0 atom stereocenters. The van der Waals surface area contributed by atoms with Crippen LogP contribution in [-0.2, 0) is 14.2 Å². The molecule has 0 unspecified atom stereocenters. The van der Waals surface area contributed by atoms with E-state index >= 15 is 0 Å². The van der Waals surface area contributed by atoms with E-state index in [4.69, 9.17) is 28.6 Å². The van der Waals surface area contributed by atoms with E-state index in [1.54, 1.807) is 0 Å². The lowest BCUT2D eigenvalue weighted by Gasteiger charge is -2.10. The number of carbonyl (C=O) groups is 1. The molecule has 0 saturated heterocycles. The van der Waals surface area contributed by atoms with Crippen LogP contribution in [0.4, 0.5) is 4.79 Å². The third-order valence-electron chi connectivity index (χ3n) is 2.14. The van der Waals surface area contributed by atoms with Gasteiger partial charge in [0.05, 0.1) is 19.8 Å². The third-order valence-corrected chi connectivity index (χ3v) is 3.16. The molecule has 8 nitrogen and oxygen atoms in total. The van der Waals surface area contributed by atoms with Crippen LogP contribution in [0.15, 0.2) is 0 Å². The summed E-state index contributed by atoms with van der Waals surface area (Å²) in [7, 11) is -4.00. The fraction of sp³-hybridized carbons (Fsp3) is 0.909. The fourth-order valence-corrected chi connectivity index (χ4v) is 1.88. The summed E-state index contributed by atoms with van der Waals surface area (Å²) in [6.45, 7) is 4.36. The second-order valence-electron chi connectivity index (χ2n) is 4.17. The first-order valence-electron chi connectivity index (χ1n) is 6.69. The first-order valence-corrected chi connectivity index (χ1v) is 8.74. The number of ether oxygens (including phenoxy) is 3. The van der Waals surface area contributed by atoms with Gasteiger partial charge in [-0.2, -0.15) is 0 Å². The Kier molecular flexibility index (Phi) is 11.6. The Balaban J connectivity index is 3.25. The lowest BCUT2D eigenvalue weighted by atomic mass is 10.5. The second-order valence-corrected chi connectivity index (χ2v) is 6.21. The van der Waals surface area contributed by atoms with E-state index in [0.717, 1.165) is 6.42 Å². The average molecular weight is 311 g/mol. The van der Waals surface area contributed by atoms with Crippen molar-refractivity contribution in [3.05, 3.63) is 0 Å². The van der Waals surface area contributed by atoms with Gasteiger partial charge in [-0.05, 0) is 12.8 Å². The molecule has 0 rings (SSSR count). The quantitative estimate of drug-likeness (QED) is 0.282. The molecule has 0 heterocycles. The number of hydrogen-bond donors (Lipinski definition) is 4. The number of alkyl carbamates (subject to hydrolysis) is 1. The summed E-state index contributed by atoms with van der Waals surface area (Å²) < 4.78 is 15.2. The summed E-state index contributed by atoms with van der Waals surface area (Å²) in [4.78, 5) is 37.4. The molecule has 0 aromatic carbocycles. The van der Waals surface area contributed by atoms with Gasteiger partial charge in [-0.1, -0.05) is 6.92 Å². The minimum absolute atomic E-state index is 0.117. The molecule has 0 radical (unpaired) electrons. The van der Waals surface area contributed by atoms with Crippen LogP contribution in [-0.4, -0.2) is 68.9 Å². The van der Waals surface area contributed by atoms with Crippen LogP contribution in [0.5, 0.6) is 0 Å². The normalized spacial score (nSPS) is 11.4.